The van der Waals surface area contributed by atoms with E-state index >= 15 is 0 Å². The van der Waals surface area contributed by atoms with E-state index in [0.29, 0.717) is 6.42 Å². The van der Waals surface area contributed by atoms with E-state index in [4.69, 9.17) is 24.3 Å². The SMILES string of the molecule is CC/C=C/C/C=C/C/C=C/CCCCCCCC(=O)O[C@H](COC(=O)CCCCCCCCCCCCCCCCCCC)COP(=O)(O)OCCN. The fourth-order valence-corrected chi connectivity index (χ4v) is 6.65. The normalized spacial score (nSPS) is 13.7. The molecule has 0 aromatic heterocycles. The number of allylic oxidation sites excluding steroid dienone is 6. The van der Waals surface area contributed by atoms with Gasteiger partial charge in [-0.25, -0.2) is 4.57 Å². The fraction of sp³-hybridized carbons (Fsp3) is 0.814. The van der Waals surface area contributed by atoms with Crippen molar-refractivity contribution in [2.45, 2.75) is 200 Å². The van der Waals surface area contributed by atoms with Gasteiger partial charge in [0.25, 0.3) is 0 Å². The molecule has 0 aromatic rings. The van der Waals surface area contributed by atoms with Gasteiger partial charge in [0.1, 0.15) is 6.61 Å². The zero-order valence-corrected chi connectivity index (χ0v) is 34.9. The van der Waals surface area contributed by atoms with Crippen LogP contribution in [0.2, 0.25) is 0 Å². The second-order valence-electron chi connectivity index (χ2n) is 14.2. The number of hydrogen-bond acceptors (Lipinski definition) is 8. The number of unbranched alkanes of at least 4 members (excludes halogenated alkanes) is 21. The van der Waals surface area contributed by atoms with E-state index in [2.05, 4.69) is 50.3 Å². The minimum Gasteiger partial charge on any atom is -0.462 e. The number of phosphoric acid groups is 1. The van der Waals surface area contributed by atoms with Crippen LogP contribution < -0.4 is 5.73 Å². The zero-order chi connectivity index (χ0) is 38.9. The topological polar surface area (TPSA) is 134 Å². The predicted octanol–water partition coefficient (Wildman–Crippen LogP) is 12.2. The number of rotatable bonds is 40. The Morgan fingerprint density at radius 3 is 1.55 bits per heavy atom. The van der Waals surface area contributed by atoms with Gasteiger partial charge in [-0.05, 0) is 44.9 Å². The molecule has 0 radical (unpaired) electrons. The highest BCUT2D eigenvalue weighted by Crippen LogP contribution is 2.43. The molecule has 0 aromatic carbocycles. The zero-order valence-electron chi connectivity index (χ0n) is 34.0. The maximum Gasteiger partial charge on any atom is 0.472 e. The van der Waals surface area contributed by atoms with E-state index < -0.39 is 26.5 Å². The van der Waals surface area contributed by atoms with Crippen LogP contribution in [0, 0.1) is 0 Å². The van der Waals surface area contributed by atoms with Gasteiger partial charge < -0.3 is 20.1 Å². The van der Waals surface area contributed by atoms with Crippen molar-refractivity contribution in [3.63, 3.8) is 0 Å². The summed E-state index contributed by atoms with van der Waals surface area (Å²) in [6, 6.07) is 0. The van der Waals surface area contributed by atoms with E-state index in [-0.39, 0.29) is 38.6 Å². The van der Waals surface area contributed by atoms with E-state index in [0.717, 1.165) is 70.6 Å². The monoisotopic (exact) mass is 770 g/mol. The third kappa shape index (κ3) is 39.7. The number of ether oxygens (including phenoxy) is 2. The highest BCUT2D eigenvalue weighted by molar-refractivity contribution is 7.47. The number of carbonyl (C=O) groups excluding carboxylic acids is 2. The number of nitrogens with two attached hydrogens (primary N) is 1. The second kappa shape index (κ2) is 39.9. The summed E-state index contributed by atoms with van der Waals surface area (Å²) in [7, 11) is -4.38. The molecule has 0 aliphatic heterocycles. The Kier molecular flexibility index (Phi) is 38.6. The van der Waals surface area contributed by atoms with Crippen molar-refractivity contribution in [1.82, 2.24) is 0 Å². The molecule has 53 heavy (non-hydrogen) atoms. The number of carbonyl (C=O) groups is 2. The number of hydrogen-bond donors (Lipinski definition) is 2. The smallest absolute Gasteiger partial charge is 0.462 e. The Hall–Kier alpha value is -1.77. The second-order valence-corrected chi connectivity index (χ2v) is 15.6. The van der Waals surface area contributed by atoms with Crippen LogP contribution >= 0.6 is 7.82 Å². The standard InChI is InChI=1S/C43H80NO8P/c1-3-5-7-9-11-13-15-17-19-20-22-23-25-27-29-31-33-35-42(45)49-39-41(40-51-53(47,48)50-38-37-44)52-43(46)36-34-32-30-28-26-24-21-18-16-14-12-10-8-6-4-2/h6,8,12,14,18,21,41H,3-5,7,9-11,13,15-17,19-20,22-40,44H2,1-2H3,(H,47,48)/b8-6+,14-12+,21-18+/t41-/m1/s1. The average Bonchev–Trinajstić information content (AvgIpc) is 3.14. The van der Waals surface area contributed by atoms with Crippen LogP contribution in [0.3, 0.4) is 0 Å². The van der Waals surface area contributed by atoms with Crippen LogP contribution in [-0.4, -0.2) is 49.3 Å². The van der Waals surface area contributed by atoms with Crippen LogP contribution in [0.1, 0.15) is 194 Å². The highest BCUT2D eigenvalue weighted by Gasteiger charge is 2.26. The first-order valence-electron chi connectivity index (χ1n) is 21.5. The van der Waals surface area contributed by atoms with E-state index in [1.165, 1.54) is 89.9 Å². The molecule has 0 saturated carbocycles. The molecule has 0 rings (SSSR count). The van der Waals surface area contributed by atoms with Crippen LogP contribution in [0.25, 0.3) is 0 Å². The fourth-order valence-electron chi connectivity index (χ4n) is 5.88. The first-order valence-corrected chi connectivity index (χ1v) is 23.0. The minimum absolute atomic E-state index is 0.0507. The molecule has 10 heteroatoms. The molecular formula is C43H80NO8P. The third-order valence-electron chi connectivity index (χ3n) is 9.04. The molecule has 0 heterocycles. The van der Waals surface area contributed by atoms with Gasteiger partial charge in [0.2, 0.25) is 0 Å². The van der Waals surface area contributed by atoms with E-state index in [1.807, 2.05) is 0 Å². The van der Waals surface area contributed by atoms with Crippen molar-refractivity contribution >= 4 is 19.8 Å². The average molecular weight is 770 g/mol. The molecule has 0 bridgehead atoms. The van der Waals surface area contributed by atoms with Gasteiger partial charge in [-0.15, -0.1) is 0 Å². The predicted molar refractivity (Wildman–Crippen MR) is 220 cm³/mol. The van der Waals surface area contributed by atoms with Crippen molar-refractivity contribution in [3.8, 4) is 0 Å². The van der Waals surface area contributed by atoms with Crippen molar-refractivity contribution in [2.75, 3.05) is 26.4 Å². The summed E-state index contributed by atoms with van der Waals surface area (Å²) in [6.45, 7) is 3.61. The van der Waals surface area contributed by atoms with Gasteiger partial charge in [-0.2, -0.15) is 0 Å². The lowest BCUT2D eigenvalue weighted by molar-refractivity contribution is -0.161. The molecule has 0 fully saturated rings. The lowest BCUT2D eigenvalue weighted by atomic mass is 10.0. The highest BCUT2D eigenvalue weighted by atomic mass is 31.2. The van der Waals surface area contributed by atoms with Crippen LogP contribution in [0.15, 0.2) is 36.5 Å². The molecule has 0 aliphatic rings. The first-order chi connectivity index (χ1) is 25.8. The summed E-state index contributed by atoms with van der Waals surface area (Å²) < 4.78 is 32.7. The van der Waals surface area contributed by atoms with Crippen LogP contribution in [0.4, 0.5) is 0 Å². The molecule has 1 unspecified atom stereocenters. The molecular weight excluding hydrogens is 689 g/mol. The quantitative estimate of drug-likeness (QED) is 0.0270. The van der Waals surface area contributed by atoms with Gasteiger partial charge in [-0.1, -0.05) is 172 Å². The summed E-state index contributed by atoms with van der Waals surface area (Å²) in [4.78, 5) is 34.8. The Balaban J connectivity index is 4.15. The molecule has 310 valence electrons. The summed E-state index contributed by atoms with van der Waals surface area (Å²) in [6.07, 6.45) is 43.2. The van der Waals surface area contributed by atoms with Gasteiger partial charge in [0.05, 0.1) is 13.2 Å². The van der Waals surface area contributed by atoms with Crippen molar-refractivity contribution < 1.29 is 37.6 Å². The Morgan fingerprint density at radius 1 is 0.585 bits per heavy atom. The molecule has 9 nitrogen and oxygen atoms in total. The lowest BCUT2D eigenvalue weighted by Crippen LogP contribution is -2.29. The summed E-state index contributed by atoms with van der Waals surface area (Å²) >= 11 is 0. The van der Waals surface area contributed by atoms with Crippen LogP contribution in [0.5, 0.6) is 0 Å². The molecule has 2 atom stereocenters. The molecule has 3 N–H and O–H groups in total. The minimum atomic E-state index is -4.38. The van der Waals surface area contributed by atoms with Crippen molar-refractivity contribution in [1.29, 1.82) is 0 Å². The third-order valence-corrected chi connectivity index (χ3v) is 10.0. The number of phosphoric ester groups is 1. The van der Waals surface area contributed by atoms with E-state index in [1.54, 1.807) is 0 Å². The summed E-state index contributed by atoms with van der Waals surface area (Å²) in [5.74, 6) is -0.843. The largest absolute Gasteiger partial charge is 0.472 e. The maximum absolute atomic E-state index is 12.6. The Bertz CT molecular complexity index is 970. The molecule has 0 aliphatic carbocycles. The van der Waals surface area contributed by atoms with Gasteiger partial charge in [-0.3, -0.25) is 18.6 Å². The first kappa shape index (κ1) is 51.2. The van der Waals surface area contributed by atoms with Crippen molar-refractivity contribution in [3.05, 3.63) is 36.5 Å². The lowest BCUT2D eigenvalue weighted by Gasteiger charge is -2.19. The summed E-state index contributed by atoms with van der Waals surface area (Å²) in [5.41, 5.74) is 5.34. The van der Waals surface area contributed by atoms with Gasteiger partial charge in [0, 0.05) is 19.4 Å². The van der Waals surface area contributed by atoms with Gasteiger partial charge >= 0.3 is 19.8 Å². The molecule has 0 saturated heterocycles. The maximum atomic E-state index is 12.6. The molecule has 0 spiro atoms. The number of esters is 2. The van der Waals surface area contributed by atoms with Crippen molar-refractivity contribution in [2.24, 2.45) is 5.73 Å². The Labute approximate surface area is 324 Å². The Morgan fingerprint density at radius 2 is 1.04 bits per heavy atom. The summed E-state index contributed by atoms with van der Waals surface area (Å²) in [5, 5.41) is 0. The van der Waals surface area contributed by atoms with E-state index in [9.17, 15) is 19.0 Å². The molecule has 0 amide bonds. The van der Waals surface area contributed by atoms with Crippen LogP contribution in [-0.2, 0) is 32.7 Å². The van der Waals surface area contributed by atoms with Gasteiger partial charge in [0.15, 0.2) is 6.10 Å².